The quantitative estimate of drug-likeness (QED) is 0.855. The van der Waals surface area contributed by atoms with Gasteiger partial charge in [0, 0.05) is 42.9 Å². The molecule has 0 spiro atoms. The van der Waals surface area contributed by atoms with Gasteiger partial charge in [0.1, 0.15) is 5.82 Å². The van der Waals surface area contributed by atoms with Crippen LogP contribution in [0, 0.1) is 0 Å². The highest BCUT2D eigenvalue weighted by molar-refractivity contribution is 9.10. The van der Waals surface area contributed by atoms with Crippen LogP contribution in [0.5, 0.6) is 0 Å². The summed E-state index contributed by atoms with van der Waals surface area (Å²) in [6.45, 7) is 2.09. The molecule has 3 rings (SSSR count). The van der Waals surface area contributed by atoms with E-state index in [1.54, 1.807) is 0 Å². The van der Waals surface area contributed by atoms with Gasteiger partial charge >= 0.3 is 0 Å². The van der Waals surface area contributed by atoms with E-state index in [1.165, 1.54) is 12.0 Å². The van der Waals surface area contributed by atoms with Crippen molar-refractivity contribution in [2.45, 2.75) is 12.3 Å². The molecule has 2 aromatic heterocycles. The van der Waals surface area contributed by atoms with E-state index in [1.807, 2.05) is 30.2 Å². The van der Waals surface area contributed by atoms with Crippen molar-refractivity contribution in [3.8, 4) is 0 Å². The molecule has 1 aliphatic rings. The predicted molar refractivity (Wildman–Crippen MR) is 74.7 cm³/mol. The van der Waals surface area contributed by atoms with Crippen molar-refractivity contribution in [3.05, 3.63) is 40.8 Å². The van der Waals surface area contributed by atoms with E-state index in [4.69, 9.17) is 0 Å². The van der Waals surface area contributed by atoms with E-state index in [0.29, 0.717) is 5.92 Å². The molecule has 0 aliphatic carbocycles. The zero-order valence-electron chi connectivity index (χ0n) is 10.3. The van der Waals surface area contributed by atoms with Crippen LogP contribution < -0.4 is 4.90 Å². The lowest BCUT2D eigenvalue weighted by Gasteiger charge is -2.17. The Hall–Kier alpha value is -1.36. The highest BCUT2D eigenvalue weighted by Gasteiger charge is 2.25. The second-order valence-electron chi connectivity index (χ2n) is 4.71. The van der Waals surface area contributed by atoms with Crippen LogP contribution in [-0.4, -0.2) is 27.9 Å². The van der Waals surface area contributed by atoms with Gasteiger partial charge in [-0.05, 0) is 40.0 Å². The Morgan fingerprint density at radius 1 is 1.33 bits per heavy atom. The lowest BCUT2D eigenvalue weighted by atomic mass is 10.0. The zero-order valence-corrected chi connectivity index (χ0v) is 11.8. The Morgan fingerprint density at radius 2 is 2.22 bits per heavy atom. The van der Waals surface area contributed by atoms with E-state index >= 15 is 0 Å². The standard InChI is InChI=1S/C13H15BrN4/c1-17-8-11(6-16-17)10-4-5-18(9-10)13-3-2-12(14)7-15-13/h2-3,6-8,10H,4-5,9H2,1H3. The fraction of sp³-hybridized carbons (Fsp3) is 0.385. The summed E-state index contributed by atoms with van der Waals surface area (Å²) < 4.78 is 2.89. The van der Waals surface area contributed by atoms with Gasteiger partial charge < -0.3 is 4.90 Å². The minimum Gasteiger partial charge on any atom is -0.356 e. The minimum absolute atomic E-state index is 0.573. The fourth-order valence-electron chi connectivity index (χ4n) is 2.45. The Morgan fingerprint density at radius 3 is 2.89 bits per heavy atom. The SMILES string of the molecule is Cn1cc(C2CCN(c3ccc(Br)cn3)C2)cn1. The summed E-state index contributed by atoms with van der Waals surface area (Å²) in [4.78, 5) is 6.79. The molecule has 4 nitrogen and oxygen atoms in total. The predicted octanol–water partition coefficient (Wildman–Crippen LogP) is 2.57. The maximum atomic E-state index is 4.45. The van der Waals surface area contributed by atoms with Crippen molar-refractivity contribution in [3.63, 3.8) is 0 Å². The first-order valence-corrected chi connectivity index (χ1v) is 6.87. The van der Waals surface area contributed by atoms with Gasteiger partial charge in [-0.3, -0.25) is 4.68 Å². The summed E-state index contributed by atoms with van der Waals surface area (Å²) in [5.74, 6) is 1.63. The monoisotopic (exact) mass is 306 g/mol. The molecule has 0 bridgehead atoms. The Balaban J connectivity index is 1.73. The largest absolute Gasteiger partial charge is 0.356 e. The molecule has 0 amide bonds. The van der Waals surface area contributed by atoms with Crippen molar-refractivity contribution in [2.24, 2.45) is 7.05 Å². The summed E-state index contributed by atoms with van der Waals surface area (Å²) in [5.41, 5.74) is 1.33. The third-order valence-electron chi connectivity index (χ3n) is 3.42. The summed E-state index contributed by atoms with van der Waals surface area (Å²) in [6.07, 6.45) is 7.11. The maximum Gasteiger partial charge on any atom is 0.128 e. The van der Waals surface area contributed by atoms with Gasteiger partial charge in [0.2, 0.25) is 0 Å². The summed E-state index contributed by atoms with van der Waals surface area (Å²) in [6, 6.07) is 4.11. The Labute approximate surface area is 115 Å². The van der Waals surface area contributed by atoms with Crippen LogP contribution in [0.25, 0.3) is 0 Å². The summed E-state index contributed by atoms with van der Waals surface area (Å²) in [5, 5.41) is 4.25. The zero-order chi connectivity index (χ0) is 12.5. The molecule has 3 heterocycles. The van der Waals surface area contributed by atoms with Crippen LogP contribution in [0.4, 0.5) is 5.82 Å². The average molecular weight is 307 g/mol. The summed E-state index contributed by atoms with van der Waals surface area (Å²) in [7, 11) is 1.96. The first-order valence-electron chi connectivity index (χ1n) is 6.07. The smallest absolute Gasteiger partial charge is 0.128 e. The topological polar surface area (TPSA) is 34.0 Å². The van der Waals surface area contributed by atoms with Crippen molar-refractivity contribution >= 4 is 21.7 Å². The number of rotatable bonds is 2. The van der Waals surface area contributed by atoms with Crippen molar-refractivity contribution in [1.29, 1.82) is 0 Å². The van der Waals surface area contributed by atoms with Crippen LogP contribution in [0.2, 0.25) is 0 Å². The maximum absolute atomic E-state index is 4.45. The summed E-state index contributed by atoms with van der Waals surface area (Å²) >= 11 is 3.41. The number of pyridine rings is 1. The molecular formula is C13H15BrN4. The van der Waals surface area contributed by atoms with Gasteiger partial charge in [0.05, 0.1) is 6.20 Å². The molecule has 0 saturated carbocycles. The highest BCUT2D eigenvalue weighted by atomic mass is 79.9. The number of halogens is 1. The van der Waals surface area contributed by atoms with Crippen molar-refractivity contribution in [1.82, 2.24) is 14.8 Å². The molecular weight excluding hydrogens is 292 g/mol. The van der Waals surface area contributed by atoms with Crippen LogP contribution in [-0.2, 0) is 7.05 Å². The third kappa shape index (κ3) is 2.27. The van der Waals surface area contributed by atoms with Gasteiger partial charge in [-0.2, -0.15) is 5.10 Å². The van der Waals surface area contributed by atoms with E-state index in [9.17, 15) is 0 Å². The molecule has 0 N–H and O–H groups in total. The molecule has 18 heavy (non-hydrogen) atoms. The van der Waals surface area contributed by atoms with E-state index < -0.39 is 0 Å². The number of hydrogen-bond donors (Lipinski definition) is 0. The second-order valence-corrected chi connectivity index (χ2v) is 5.63. The lowest BCUT2D eigenvalue weighted by molar-refractivity contribution is 0.754. The van der Waals surface area contributed by atoms with Crippen LogP contribution >= 0.6 is 15.9 Å². The molecule has 2 aromatic rings. The minimum atomic E-state index is 0.573. The van der Waals surface area contributed by atoms with Crippen LogP contribution in [0.15, 0.2) is 35.2 Å². The molecule has 1 unspecified atom stereocenters. The number of aromatic nitrogens is 3. The van der Waals surface area contributed by atoms with E-state index in [0.717, 1.165) is 23.4 Å². The number of aryl methyl sites for hydroxylation is 1. The van der Waals surface area contributed by atoms with Crippen LogP contribution in [0.1, 0.15) is 17.9 Å². The molecule has 1 atom stereocenters. The first kappa shape index (κ1) is 11.7. The van der Waals surface area contributed by atoms with Crippen LogP contribution in [0.3, 0.4) is 0 Å². The van der Waals surface area contributed by atoms with E-state index in [-0.39, 0.29) is 0 Å². The number of hydrogen-bond acceptors (Lipinski definition) is 3. The van der Waals surface area contributed by atoms with Gasteiger partial charge in [0.25, 0.3) is 0 Å². The average Bonchev–Trinajstić information content (AvgIpc) is 2.98. The molecule has 94 valence electrons. The Bertz CT molecular complexity index is 534. The number of nitrogens with zero attached hydrogens (tertiary/aromatic N) is 4. The lowest BCUT2D eigenvalue weighted by Crippen LogP contribution is -2.20. The molecule has 0 aromatic carbocycles. The van der Waals surface area contributed by atoms with E-state index in [2.05, 4.69) is 43.2 Å². The van der Waals surface area contributed by atoms with Gasteiger partial charge in [-0.15, -0.1) is 0 Å². The number of anilines is 1. The van der Waals surface area contributed by atoms with Gasteiger partial charge in [-0.25, -0.2) is 4.98 Å². The highest BCUT2D eigenvalue weighted by Crippen LogP contribution is 2.29. The third-order valence-corrected chi connectivity index (χ3v) is 3.89. The molecule has 0 radical (unpaired) electrons. The second kappa shape index (κ2) is 4.72. The van der Waals surface area contributed by atoms with Gasteiger partial charge in [0.15, 0.2) is 0 Å². The molecule has 1 saturated heterocycles. The first-order chi connectivity index (χ1) is 8.72. The fourth-order valence-corrected chi connectivity index (χ4v) is 2.68. The molecule has 1 fully saturated rings. The normalized spacial score (nSPS) is 19.4. The Kier molecular flexibility index (Phi) is 3.07. The van der Waals surface area contributed by atoms with Crippen molar-refractivity contribution in [2.75, 3.05) is 18.0 Å². The molecule has 5 heteroatoms. The van der Waals surface area contributed by atoms with Gasteiger partial charge in [-0.1, -0.05) is 0 Å². The van der Waals surface area contributed by atoms with Crippen molar-refractivity contribution < 1.29 is 0 Å². The molecule has 1 aliphatic heterocycles.